The van der Waals surface area contributed by atoms with Crippen LogP contribution in [0.2, 0.25) is 0 Å². The Morgan fingerprint density at radius 2 is 2.27 bits per heavy atom. The second-order valence-corrected chi connectivity index (χ2v) is 3.14. The van der Waals surface area contributed by atoms with Crippen molar-refractivity contribution in [1.82, 2.24) is 5.32 Å². The van der Waals surface area contributed by atoms with Crippen molar-refractivity contribution in [1.29, 1.82) is 0 Å². The Bertz CT molecular complexity index is 109. The number of carbonyl (C=O) groups excluding carboxylic acids is 1. The Morgan fingerprint density at radius 1 is 1.55 bits per heavy atom. The molecule has 0 unspecified atom stereocenters. The molecule has 0 aliphatic rings. The van der Waals surface area contributed by atoms with Gasteiger partial charge in [0.05, 0.1) is 5.75 Å². The summed E-state index contributed by atoms with van der Waals surface area (Å²) >= 11 is 1.54. The van der Waals surface area contributed by atoms with E-state index in [-0.39, 0.29) is 5.91 Å². The van der Waals surface area contributed by atoms with Gasteiger partial charge in [0.15, 0.2) is 0 Å². The molecule has 3 N–H and O–H groups in total. The third-order valence-electron chi connectivity index (χ3n) is 1.23. The number of unbranched alkanes of at least 4 members (excludes halogenated alkanes) is 1. The fourth-order valence-corrected chi connectivity index (χ4v) is 1.04. The molecular formula is C7H16N2OS. The maximum absolute atomic E-state index is 10.8. The summed E-state index contributed by atoms with van der Waals surface area (Å²) in [5, 5.41) is 2.80. The number of amides is 1. The van der Waals surface area contributed by atoms with Gasteiger partial charge in [-0.15, -0.1) is 0 Å². The van der Waals surface area contributed by atoms with E-state index < -0.39 is 0 Å². The van der Waals surface area contributed by atoms with Crippen LogP contribution >= 0.6 is 11.8 Å². The fraction of sp³-hybridized carbons (Fsp3) is 0.857. The predicted octanol–water partition coefficient (Wildman–Crippen LogP) is 0.205. The van der Waals surface area contributed by atoms with Gasteiger partial charge in [-0.1, -0.05) is 0 Å². The first-order valence-electron chi connectivity index (χ1n) is 3.77. The molecule has 0 atom stereocenters. The topological polar surface area (TPSA) is 55.1 Å². The average Bonchev–Trinajstić information content (AvgIpc) is 1.99. The molecule has 0 aromatic carbocycles. The third-order valence-corrected chi connectivity index (χ3v) is 1.78. The standard InChI is InChI=1S/C7H16N2OS/c1-11-6-7(10)9-5-3-2-4-8/h2-6,8H2,1H3,(H,9,10). The zero-order valence-corrected chi connectivity index (χ0v) is 7.75. The van der Waals surface area contributed by atoms with Crippen LogP contribution in [0, 0.1) is 0 Å². The van der Waals surface area contributed by atoms with Gasteiger partial charge in [0.25, 0.3) is 0 Å². The van der Waals surface area contributed by atoms with Gasteiger partial charge in [0.2, 0.25) is 5.91 Å². The van der Waals surface area contributed by atoms with Gasteiger partial charge in [-0.3, -0.25) is 4.79 Å². The van der Waals surface area contributed by atoms with Gasteiger partial charge in [-0.25, -0.2) is 0 Å². The predicted molar refractivity (Wildman–Crippen MR) is 49.7 cm³/mol. The molecule has 0 saturated heterocycles. The Labute approximate surface area is 72.1 Å². The SMILES string of the molecule is CSCC(=O)NCCCCN. The first-order valence-corrected chi connectivity index (χ1v) is 5.16. The van der Waals surface area contributed by atoms with Crippen LogP contribution in [0.25, 0.3) is 0 Å². The molecule has 4 heteroatoms. The van der Waals surface area contributed by atoms with Crippen molar-refractivity contribution in [2.75, 3.05) is 25.1 Å². The van der Waals surface area contributed by atoms with E-state index >= 15 is 0 Å². The van der Waals surface area contributed by atoms with E-state index in [9.17, 15) is 4.79 Å². The Morgan fingerprint density at radius 3 is 2.82 bits per heavy atom. The summed E-state index contributed by atoms with van der Waals surface area (Å²) in [4.78, 5) is 10.8. The number of rotatable bonds is 6. The summed E-state index contributed by atoms with van der Waals surface area (Å²) in [5.74, 6) is 0.678. The van der Waals surface area contributed by atoms with E-state index in [1.165, 1.54) is 11.8 Å². The van der Waals surface area contributed by atoms with Crippen LogP contribution in [0.5, 0.6) is 0 Å². The first-order chi connectivity index (χ1) is 5.31. The molecule has 3 nitrogen and oxygen atoms in total. The van der Waals surface area contributed by atoms with E-state index in [1.807, 2.05) is 6.26 Å². The number of hydrogen-bond acceptors (Lipinski definition) is 3. The molecule has 0 saturated carbocycles. The van der Waals surface area contributed by atoms with Crippen LogP contribution in [0.3, 0.4) is 0 Å². The molecule has 0 spiro atoms. The summed E-state index contributed by atoms with van der Waals surface area (Å²) in [6.07, 6.45) is 3.88. The lowest BCUT2D eigenvalue weighted by atomic mass is 10.3. The zero-order chi connectivity index (χ0) is 8.53. The molecule has 11 heavy (non-hydrogen) atoms. The highest BCUT2D eigenvalue weighted by molar-refractivity contribution is 7.99. The maximum atomic E-state index is 10.8. The van der Waals surface area contributed by atoms with E-state index in [2.05, 4.69) is 5.32 Å². The van der Waals surface area contributed by atoms with Gasteiger partial charge < -0.3 is 11.1 Å². The van der Waals surface area contributed by atoms with Gasteiger partial charge in [0.1, 0.15) is 0 Å². The minimum absolute atomic E-state index is 0.120. The van der Waals surface area contributed by atoms with Crippen molar-refractivity contribution in [2.45, 2.75) is 12.8 Å². The van der Waals surface area contributed by atoms with Crippen LogP contribution < -0.4 is 11.1 Å². The first kappa shape index (κ1) is 10.8. The summed E-state index contributed by atoms with van der Waals surface area (Å²) in [6, 6.07) is 0. The summed E-state index contributed by atoms with van der Waals surface area (Å²) in [5.41, 5.74) is 5.29. The van der Waals surface area contributed by atoms with Crippen LogP contribution in [0.1, 0.15) is 12.8 Å². The lowest BCUT2D eigenvalue weighted by Gasteiger charge is -2.01. The second kappa shape index (κ2) is 7.88. The average molecular weight is 176 g/mol. The monoisotopic (exact) mass is 176 g/mol. The van der Waals surface area contributed by atoms with Crippen LogP contribution in [-0.2, 0) is 4.79 Å². The van der Waals surface area contributed by atoms with E-state index in [0.717, 1.165) is 19.4 Å². The van der Waals surface area contributed by atoms with Gasteiger partial charge >= 0.3 is 0 Å². The molecule has 66 valence electrons. The van der Waals surface area contributed by atoms with Gasteiger partial charge in [-0.2, -0.15) is 11.8 Å². The van der Waals surface area contributed by atoms with Crippen molar-refractivity contribution < 1.29 is 4.79 Å². The van der Waals surface area contributed by atoms with Gasteiger partial charge in [0, 0.05) is 6.54 Å². The van der Waals surface area contributed by atoms with Crippen LogP contribution in [0.4, 0.5) is 0 Å². The molecule has 0 aliphatic heterocycles. The molecule has 1 amide bonds. The van der Waals surface area contributed by atoms with E-state index in [0.29, 0.717) is 12.3 Å². The van der Waals surface area contributed by atoms with Crippen LogP contribution in [-0.4, -0.2) is 31.0 Å². The molecule has 0 radical (unpaired) electrons. The summed E-state index contributed by atoms with van der Waals surface area (Å²) in [7, 11) is 0. The lowest BCUT2D eigenvalue weighted by molar-refractivity contribution is -0.118. The zero-order valence-electron chi connectivity index (χ0n) is 6.93. The number of nitrogens with one attached hydrogen (secondary N) is 1. The lowest BCUT2D eigenvalue weighted by Crippen LogP contribution is -2.26. The Kier molecular flexibility index (Phi) is 7.72. The molecule has 0 aromatic heterocycles. The highest BCUT2D eigenvalue weighted by Gasteiger charge is 1.96. The molecule has 0 aromatic rings. The summed E-state index contributed by atoms with van der Waals surface area (Å²) in [6.45, 7) is 1.47. The highest BCUT2D eigenvalue weighted by Crippen LogP contribution is 1.89. The van der Waals surface area contributed by atoms with Crippen molar-refractivity contribution in [3.63, 3.8) is 0 Å². The fourth-order valence-electron chi connectivity index (χ4n) is 0.679. The van der Waals surface area contributed by atoms with Crippen molar-refractivity contribution in [3.8, 4) is 0 Å². The quantitative estimate of drug-likeness (QED) is 0.569. The number of thioether (sulfide) groups is 1. The van der Waals surface area contributed by atoms with Crippen molar-refractivity contribution in [3.05, 3.63) is 0 Å². The largest absolute Gasteiger partial charge is 0.355 e. The molecular weight excluding hydrogens is 160 g/mol. The van der Waals surface area contributed by atoms with Gasteiger partial charge in [-0.05, 0) is 25.6 Å². The highest BCUT2D eigenvalue weighted by atomic mass is 32.2. The smallest absolute Gasteiger partial charge is 0.229 e. The summed E-state index contributed by atoms with van der Waals surface area (Å²) < 4.78 is 0. The Balaban J connectivity index is 3.04. The number of nitrogens with two attached hydrogens (primary N) is 1. The minimum atomic E-state index is 0.120. The molecule has 0 heterocycles. The number of carbonyl (C=O) groups is 1. The maximum Gasteiger partial charge on any atom is 0.229 e. The third kappa shape index (κ3) is 7.68. The van der Waals surface area contributed by atoms with Crippen molar-refractivity contribution >= 4 is 17.7 Å². The minimum Gasteiger partial charge on any atom is -0.355 e. The van der Waals surface area contributed by atoms with Crippen LogP contribution in [0.15, 0.2) is 0 Å². The molecule has 0 bridgehead atoms. The normalized spacial score (nSPS) is 9.64. The number of hydrogen-bond donors (Lipinski definition) is 2. The van der Waals surface area contributed by atoms with E-state index in [1.54, 1.807) is 0 Å². The molecule has 0 fully saturated rings. The van der Waals surface area contributed by atoms with E-state index in [4.69, 9.17) is 5.73 Å². The molecule has 0 aliphatic carbocycles. The van der Waals surface area contributed by atoms with Crippen molar-refractivity contribution in [2.24, 2.45) is 5.73 Å². The Hall–Kier alpha value is -0.220. The second-order valence-electron chi connectivity index (χ2n) is 2.28. The molecule has 0 rings (SSSR count).